The van der Waals surface area contributed by atoms with E-state index < -0.39 is 0 Å². The van der Waals surface area contributed by atoms with Gasteiger partial charge in [-0.3, -0.25) is 4.99 Å². The predicted octanol–water partition coefficient (Wildman–Crippen LogP) is 4.31. The van der Waals surface area contributed by atoms with Gasteiger partial charge in [-0.2, -0.15) is 0 Å². The fourth-order valence-electron chi connectivity index (χ4n) is 3.69. The Bertz CT molecular complexity index is 600. The molecule has 2 fully saturated rings. The Labute approximate surface area is 179 Å². The molecule has 0 bridgehead atoms. The molecular weight excluding hydrogens is 461 g/mol. The molecule has 0 aromatic heterocycles. The van der Waals surface area contributed by atoms with Crippen LogP contribution >= 0.6 is 35.6 Å². The molecule has 2 aliphatic rings. The van der Waals surface area contributed by atoms with E-state index in [1.807, 2.05) is 19.2 Å². The summed E-state index contributed by atoms with van der Waals surface area (Å²) in [6.07, 6.45) is 6.02. The summed E-state index contributed by atoms with van der Waals surface area (Å²) in [5.41, 5.74) is 1.57. The minimum Gasteiger partial charge on any atom is -0.381 e. The Kier molecular flexibility index (Phi) is 8.48. The average Bonchev–Trinajstić information content (AvgIpc) is 3.42. The number of benzene rings is 1. The largest absolute Gasteiger partial charge is 0.381 e. The summed E-state index contributed by atoms with van der Waals surface area (Å²) in [7, 11) is 4.00. The second kappa shape index (κ2) is 10.1. The number of nitrogens with zero attached hydrogens (tertiary/aromatic N) is 2. The minimum atomic E-state index is 0. The third kappa shape index (κ3) is 5.73. The van der Waals surface area contributed by atoms with Crippen molar-refractivity contribution in [3.05, 3.63) is 34.9 Å². The highest BCUT2D eigenvalue weighted by molar-refractivity contribution is 14.0. The van der Waals surface area contributed by atoms with Crippen LogP contribution in [0.3, 0.4) is 0 Å². The highest BCUT2D eigenvalue weighted by Crippen LogP contribution is 2.48. The molecule has 1 saturated heterocycles. The van der Waals surface area contributed by atoms with Crippen molar-refractivity contribution in [3.63, 3.8) is 0 Å². The second-order valence-electron chi connectivity index (χ2n) is 7.46. The number of aliphatic imine (C=N–C) groups is 1. The summed E-state index contributed by atoms with van der Waals surface area (Å²) in [6.45, 7) is 3.79. The summed E-state index contributed by atoms with van der Waals surface area (Å²) in [5.74, 6) is 1.77. The van der Waals surface area contributed by atoms with E-state index >= 15 is 0 Å². The lowest BCUT2D eigenvalue weighted by Gasteiger charge is -2.28. The van der Waals surface area contributed by atoms with E-state index in [-0.39, 0.29) is 29.4 Å². The lowest BCUT2D eigenvalue weighted by atomic mass is 9.96. The number of rotatable bonds is 6. The molecule has 4 nitrogen and oxygen atoms in total. The maximum Gasteiger partial charge on any atom is 0.193 e. The molecule has 1 saturated carbocycles. The van der Waals surface area contributed by atoms with Crippen LogP contribution in [0.25, 0.3) is 0 Å². The Morgan fingerprint density at radius 2 is 2.08 bits per heavy atom. The number of hydrogen-bond donors (Lipinski definition) is 1. The first-order valence-corrected chi connectivity index (χ1v) is 9.76. The molecule has 1 aliphatic heterocycles. The Balaban J connectivity index is 0.00000243. The summed E-state index contributed by atoms with van der Waals surface area (Å²) < 4.78 is 5.45. The van der Waals surface area contributed by atoms with Crippen molar-refractivity contribution >= 4 is 41.5 Å². The van der Waals surface area contributed by atoms with E-state index in [1.165, 1.54) is 37.7 Å². The van der Waals surface area contributed by atoms with Crippen LogP contribution in [0.4, 0.5) is 0 Å². The highest BCUT2D eigenvalue weighted by Gasteiger charge is 2.44. The maximum atomic E-state index is 6.17. The number of nitrogens with one attached hydrogen (secondary N) is 1. The van der Waals surface area contributed by atoms with Crippen LogP contribution in [0.15, 0.2) is 29.3 Å². The van der Waals surface area contributed by atoms with Crippen molar-refractivity contribution < 1.29 is 4.74 Å². The molecular formula is C20H31ClIN3O. The smallest absolute Gasteiger partial charge is 0.193 e. The number of ether oxygens (including phenoxy) is 1. The average molecular weight is 492 g/mol. The van der Waals surface area contributed by atoms with E-state index in [0.717, 1.165) is 43.2 Å². The van der Waals surface area contributed by atoms with Crippen molar-refractivity contribution in [2.45, 2.75) is 37.5 Å². The summed E-state index contributed by atoms with van der Waals surface area (Å²) in [6, 6.07) is 8.29. The molecule has 146 valence electrons. The van der Waals surface area contributed by atoms with Crippen molar-refractivity contribution in [2.75, 3.05) is 40.4 Å². The van der Waals surface area contributed by atoms with Crippen molar-refractivity contribution in [2.24, 2.45) is 10.9 Å². The molecule has 0 amide bonds. The van der Waals surface area contributed by atoms with Crippen LogP contribution in [-0.4, -0.2) is 51.3 Å². The molecule has 0 radical (unpaired) electrons. The molecule has 1 aliphatic carbocycles. The highest BCUT2D eigenvalue weighted by atomic mass is 127. The Morgan fingerprint density at radius 1 is 1.35 bits per heavy atom. The summed E-state index contributed by atoms with van der Waals surface area (Å²) >= 11 is 6.17. The summed E-state index contributed by atoms with van der Waals surface area (Å²) in [5, 5.41) is 4.41. The van der Waals surface area contributed by atoms with E-state index in [0.29, 0.717) is 0 Å². The van der Waals surface area contributed by atoms with Gasteiger partial charge in [0, 0.05) is 50.8 Å². The SMILES string of the molecule is CN=C(NCC1(c2cccc(Cl)c2)CC1)N(C)CCC1CCOCC1.I. The topological polar surface area (TPSA) is 36.9 Å². The lowest BCUT2D eigenvalue weighted by molar-refractivity contribution is 0.0625. The van der Waals surface area contributed by atoms with Gasteiger partial charge in [-0.15, -0.1) is 24.0 Å². The van der Waals surface area contributed by atoms with Gasteiger partial charge in [0.25, 0.3) is 0 Å². The van der Waals surface area contributed by atoms with Gasteiger partial charge >= 0.3 is 0 Å². The molecule has 1 N–H and O–H groups in total. The third-order valence-electron chi connectivity index (χ3n) is 5.66. The number of halogens is 2. The first-order chi connectivity index (χ1) is 12.1. The zero-order valence-corrected chi connectivity index (χ0v) is 18.9. The first-order valence-electron chi connectivity index (χ1n) is 9.38. The van der Waals surface area contributed by atoms with Crippen LogP contribution in [0.2, 0.25) is 5.02 Å². The van der Waals surface area contributed by atoms with E-state index in [2.05, 4.69) is 34.4 Å². The molecule has 3 rings (SSSR count). The molecule has 0 atom stereocenters. The van der Waals surface area contributed by atoms with Gasteiger partial charge < -0.3 is 15.0 Å². The van der Waals surface area contributed by atoms with Gasteiger partial charge in [0.2, 0.25) is 0 Å². The molecule has 0 unspecified atom stereocenters. The fraction of sp³-hybridized carbons (Fsp3) is 0.650. The molecule has 26 heavy (non-hydrogen) atoms. The van der Waals surface area contributed by atoms with Crippen molar-refractivity contribution in [1.82, 2.24) is 10.2 Å². The van der Waals surface area contributed by atoms with Crippen LogP contribution < -0.4 is 5.32 Å². The second-order valence-corrected chi connectivity index (χ2v) is 7.89. The van der Waals surface area contributed by atoms with Crippen LogP contribution in [0.1, 0.15) is 37.7 Å². The maximum absolute atomic E-state index is 6.17. The molecule has 0 spiro atoms. The van der Waals surface area contributed by atoms with Gasteiger partial charge in [0.1, 0.15) is 0 Å². The van der Waals surface area contributed by atoms with Crippen molar-refractivity contribution in [3.8, 4) is 0 Å². The zero-order valence-electron chi connectivity index (χ0n) is 15.8. The predicted molar refractivity (Wildman–Crippen MR) is 120 cm³/mol. The van der Waals surface area contributed by atoms with Gasteiger partial charge in [-0.25, -0.2) is 0 Å². The molecule has 6 heteroatoms. The van der Waals surface area contributed by atoms with Gasteiger partial charge in [-0.1, -0.05) is 23.7 Å². The Morgan fingerprint density at radius 3 is 2.69 bits per heavy atom. The van der Waals surface area contributed by atoms with E-state index in [9.17, 15) is 0 Å². The minimum absolute atomic E-state index is 0. The first kappa shape index (κ1) is 21.8. The van der Waals surface area contributed by atoms with Gasteiger partial charge in [0.05, 0.1) is 0 Å². The number of hydrogen-bond acceptors (Lipinski definition) is 2. The summed E-state index contributed by atoms with van der Waals surface area (Å²) in [4.78, 5) is 6.73. The standard InChI is InChI=1S/C20H30ClN3O.HI/c1-22-19(24(2)11-6-16-7-12-25-13-8-16)23-15-20(9-10-20)17-4-3-5-18(21)14-17;/h3-5,14,16H,6-13,15H2,1-2H3,(H,22,23);1H. The number of guanidine groups is 1. The zero-order chi connectivity index (χ0) is 17.7. The normalized spacial score (nSPS) is 19.6. The quantitative estimate of drug-likeness (QED) is 0.366. The van der Waals surface area contributed by atoms with Gasteiger partial charge in [-0.05, 0) is 55.7 Å². The van der Waals surface area contributed by atoms with Crippen molar-refractivity contribution in [1.29, 1.82) is 0 Å². The van der Waals surface area contributed by atoms with Crippen LogP contribution in [0.5, 0.6) is 0 Å². The fourth-order valence-corrected chi connectivity index (χ4v) is 3.88. The lowest BCUT2D eigenvalue weighted by Crippen LogP contribution is -2.43. The molecule has 1 aromatic carbocycles. The third-order valence-corrected chi connectivity index (χ3v) is 5.90. The monoisotopic (exact) mass is 491 g/mol. The van der Waals surface area contributed by atoms with E-state index in [1.54, 1.807) is 0 Å². The van der Waals surface area contributed by atoms with Crippen LogP contribution in [-0.2, 0) is 10.2 Å². The molecule has 1 heterocycles. The van der Waals surface area contributed by atoms with Gasteiger partial charge in [0.15, 0.2) is 5.96 Å². The van der Waals surface area contributed by atoms with Crippen LogP contribution in [0, 0.1) is 5.92 Å². The Hall–Kier alpha value is -0.530. The van der Waals surface area contributed by atoms with E-state index in [4.69, 9.17) is 16.3 Å². The molecule has 1 aromatic rings.